The number of alkyl halides is 2. The molecule has 2 aliphatic rings. The highest BCUT2D eigenvalue weighted by Gasteiger charge is 2.77. The van der Waals surface area contributed by atoms with Crippen molar-refractivity contribution in [3.63, 3.8) is 0 Å². The van der Waals surface area contributed by atoms with Gasteiger partial charge in [0.1, 0.15) is 5.60 Å². The minimum absolute atomic E-state index is 0.171. The number of fused-ring (bicyclic) bond motifs is 1. The number of halogens is 2. The first-order valence-electron chi connectivity index (χ1n) is 5.68. The molecule has 98 valence electrons. The molecule has 0 heterocycles. The number of carbonyl (C=O) groups is 1. The van der Waals surface area contributed by atoms with Gasteiger partial charge in [0.25, 0.3) is 5.92 Å². The Balaban J connectivity index is 1.91. The van der Waals surface area contributed by atoms with Crippen LogP contribution in [0.3, 0.4) is 0 Å². The molecule has 2 aliphatic carbocycles. The Morgan fingerprint density at radius 1 is 1.41 bits per heavy atom. The highest BCUT2D eigenvalue weighted by Crippen LogP contribution is 2.63. The van der Waals surface area contributed by atoms with Crippen LogP contribution in [0.1, 0.15) is 27.2 Å². The number of ether oxygens (including phenoxy) is 1. The molecule has 0 aliphatic heterocycles. The van der Waals surface area contributed by atoms with E-state index in [1.165, 1.54) is 0 Å². The van der Waals surface area contributed by atoms with E-state index in [0.29, 0.717) is 0 Å². The number of aliphatic hydroxyl groups excluding tert-OH is 1. The Hall–Kier alpha value is -0.910. The molecule has 0 radical (unpaired) electrons. The van der Waals surface area contributed by atoms with Crippen LogP contribution in [0.5, 0.6) is 0 Å². The number of carbonyl (C=O) groups excluding carboxylic acids is 1. The van der Waals surface area contributed by atoms with Crippen LogP contribution < -0.4 is 5.32 Å². The highest BCUT2D eigenvalue weighted by molar-refractivity contribution is 5.68. The van der Waals surface area contributed by atoms with Crippen LogP contribution in [-0.4, -0.2) is 34.9 Å². The smallest absolute Gasteiger partial charge is 0.407 e. The Morgan fingerprint density at radius 3 is 2.41 bits per heavy atom. The molecule has 0 aromatic heterocycles. The monoisotopic (exact) mass is 249 g/mol. The van der Waals surface area contributed by atoms with E-state index >= 15 is 0 Å². The molecule has 0 bridgehead atoms. The van der Waals surface area contributed by atoms with Gasteiger partial charge in [-0.3, -0.25) is 0 Å². The molecule has 0 spiro atoms. The van der Waals surface area contributed by atoms with Gasteiger partial charge in [0, 0.05) is 6.04 Å². The molecule has 0 aromatic carbocycles. The molecule has 0 aromatic rings. The Morgan fingerprint density at radius 2 is 2.00 bits per heavy atom. The quantitative estimate of drug-likeness (QED) is 0.741. The van der Waals surface area contributed by atoms with Gasteiger partial charge in [-0.2, -0.15) is 0 Å². The lowest BCUT2D eigenvalue weighted by Gasteiger charge is -2.23. The minimum Gasteiger partial charge on any atom is -0.444 e. The molecule has 2 N–H and O–H groups in total. The van der Waals surface area contributed by atoms with E-state index in [1.54, 1.807) is 20.8 Å². The molecule has 0 saturated heterocycles. The third-order valence-corrected chi connectivity index (χ3v) is 3.21. The van der Waals surface area contributed by atoms with E-state index in [-0.39, 0.29) is 6.42 Å². The summed E-state index contributed by atoms with van der Waals surface area (Å²) in [5, 5.41) is 11.8. The van der Waals surface area contributed by atoms with Crippen LogP contribution in [0.25, 0.3) is 0 Å². The number of alkyl carbamates (subject to hydrolysis) is 1. The van der Waals surface area contributed by atoms with E-state index < -0.39 is 41.6 Å². The third-order valence-electron chi connectivity index (χ3n) is 3.21. The largest absolute Gasteiger partial charge is 0.444 e. The summed E-state index contributed by atoms with van der Waals surface area (Å²) < 4.78 is 31.3. The summed E-state index contributed by atoms with van der Waals surface area (Å²) in [5.41, 5.74) is -0.660. The maximum Gasteiger partial charge on any atom is 0.407 e. The van der Waals surface area contributed by atoms with Crippen molar-refractivity contribution in [2.45, 2.75) is 50.9 Å². The number of rotatable bonds is 1. The molecule has 4 atom stereocenters. The number of hydrogen-bond acceptors (Lipinski definition) is 3. The van der Waals surface area contributed by atoms with Crippen LogP contribution in [-0.2, 0) is 4.74 Å². The van der Waals surface area contributed by atoms with Crippen molar-refractivity contribution in [2.24, 2.45) is 11.8 Å². The fourth-order valence-corrected chi connectivity index (χ4v) is 2.55. The summed E-state index contributed by atoms with van der Waals surface area (Å²) in [4.78, 5) is 11.4. The van der Waals surface area contributed by atoms with Gasteiger partial charge in [-0.05, 0) is 27.2 Å². The van der Waals surface area contributed by atoms with Crippen molar-refractivity contribution in [1.82, 2.24) is 5.32 Å². The topological polar surface area (TPSA) is 58.6 Å². The second kappa shape index (κ2) is 3.54. The van der Waals surface area contributed by atoms with E-state index in [4.69, 9.17) is 4.74 Å². The van der Waals surface area contributed by atoms with Gasteiger partial charge >= 0.3 is 6.09 Å². The SMILES string of the molecule is CC(C)(C)OC(=O)N[C@H]1C[C@@H](O)[C@H]2[C@@H]1C2(F)F. The summed E-state index contributed by atoms with van der Waals surface area (Å²) in [7, 11) is 0. The van der Waals surface area contributed by atoms with Crippen molar-refractivity contribution in [1.29, 1.82) is 0 Å². The Kier molecular flexibility index (Phi) is 2.61. The van der Waals surface area contributed by atoms with Gasteiger partial charge in [0.15, 0.2) is 0 Å². The Labute approximate surface area is 98.3 Å². The predicted octanol–water partition coefficient (Wildman–Crippen LogP) is 1.53. The average Bonchev–Trinajstić information content (AvgIpc) is 2.45. The van der Waals surface area contributed by atoms with E-state index in [2.05, 4.69) is 5.32 Å². The molecule has 0 unspecified atom stereocenters. The number of aliphatic hydroxyl groups is 1. The lowest BCUT2D eigenvalue weighted by Crippen LogP contribution is -2.41. The first-order valence-corrected chi connectivity index (χ1v) is 5.68. The van der Waals surface area contributed by atoms with Crippen LogP contribution in [0, 0.1) is 11.8 Å². The number of hydrogen-bond donors (Lipinski definition) is 2. The van der Waals surface area contributed by atoms with E-state index in [1.807, 2.05) is 0 Å². The van der Waals surface area contributed by atoms with Crippen LogP contribution in [0.4, 0.5) is 13.6 Å². The van der Waals surface area contributed by atoms with Gasteiger partial charge in [-0.15, -0.1) is 0 Å². The van der Waals surface area contributed by atoms with Gasteiger partial charge in [0.2, 0.25) is 0 Å². The van der Waals surface area contributed by atoms with Crippen molar-refractivity contribution in [3.05, 3.63) is 0 Å². The highest BCUT2D eigenvalue weighted by atomic mass is 19.3. The van der Waals surface area contributed by atoms with E-state index in [0.717, 1.165) is 0 Å². The number of amides is 1. The summed E-state index contributed by atoms with van der Waals surface area (Å²) in [6, 6.07) is -0.695. The van der Waals surface area contributed by atoms with Gasteiger partial charge in [-0.1, -0.05) is 0 Å². The van der Waals surface area contributed by atoms with Crippen molar-refractivity contribution >= 4 is 6.09 Å². The maximum absolute atomic E-state index is 13.2. The zero-order chi connectivity index (χ0) is 13.0. The van der Waals surface area contributed by atoms with Crippen molar-refractivity contribution in [3.8, 4) is 0 Å². The molecular formula is C11H17F2NO3. The average molecular weight is 249 g/mol. The van der Waals surface area contributed by atoms with Crippen LogP contribution in [0.2, 0.25) is 0 Å². The molecule has 4 nitrogen and oxygen atoms in total. The first kappa shape index (κ1) is 12.5. The normalized spacial score (nSPS) is 38.5. The van der Waals surface area contributed by atoms with Crippen molar-refractivity contribution in [2.75, 3.05) is 0 Å². The molecule has 17 heavy (non-hydrogen) atoms. The summed E-state index contributed by atoms with van der Waals surface area (Å²) >= 11 is 0. The summed E-state index contributed by atoms with van der Waals surface area (Å²) in [5.74, 6) is -4.79. The fraction of sp³-hybridized carbons (Fsp3) is 0.909. The van der Waals surface area contributed by atoms with Gasteiger partial charge < -0.3 is 15.2 Å². The second-order valence-corrected chi connectivity index (χ2v) is 5.78. The first-order chi connectivity index (χ1) is 7.63. The molecule has 2 rings (SSSR count). The molecule has 1 amide bonds. The number of nitrogens with one attached hydrogen (secondary N) is 1. The summed E-state index contributed by atoms with van der Waals surface area (Å²) in [6.45, 7) is 5.10. The fourth-order valence-electron chi connectivity index (χ4n) is 2.55. The zero-order valence-corrected chi connectivity index (χ0v) is 10.0. The molecule has 2 saturated carbocycles. The third kappa shape index (κ3) is 2.22. The second-order valence-electron chi connectivity index (χ2n) is 5.78. The van der Waals surface area contributed by atoms with Gasteiger partial charge in [-0.25, -0.2) is 13.6 Å². The van der Waals surface area contributed by atoms with Crippen LogP contribution >= 0.6 is 0 Å². The lowest BCUT2D eigenvalue weighted by molar-refractivity contribution is 0.0174. The van der Waals surface area contributed by atoms with E-state index in [9.17, 15) is 18.7 Å². The minimum atomic E-state index is -2.85. The molecule has 6 heteroatoms. The maximum atomic E-state index is 13.2. The molecule has 2 fully saturated rings. The Bertz CT molecular complexity index is 340. The summed E-state index contributed by atoms with van der Waals surface area (Å²) in [6.07, 6.45) is -1.57. The standard InChI is InChI=1S/C11H17F2NO3/c1-10(2,3)17-9(16)14-5-4-6(15)8-7(5)11(8,12)13/h5-8,15H,4H2,1-3H3,(H,14,16)/t5-,6+,7+,8-/m0/s1. The predicted molar refractivity (Wildman–Crippen MR) is 55.7 cm³/mol. The van der Waals surface area contributed by atoms with Crippen LogP contribution in [0.15, 0.2) is 0 Å². The zero-order valence-electron chi connectivity index (χ0n) is 10.0. The van der Waals surface area contributed by atoms with Gasteiger partial charge in [0.05, 0.1) is 17.9 Å². The lowest BCUT2D eigenvalue weighted by atomic mass is 10.1. The van der Waals surface area contributed by atoms with Crippen molar-refractivity contribution < 1.29 is 23.4 Å². The molecular weight excluding hydrogens is 232 g/mol.